The van der Waals surface area contributed by atoms with Crippen LogP contribution in [0, 0.1) is 0 Å². The number of aromatic nitrogens is 2. The first-order chi connectivity index (χ1) is 7.24. The largest absolute Gasteiger partial charge is 0.369 e. The van der Waals surface area contributed by atoms with Crippen molar-refractivity contribution in [2.24, 2.45) is 0 Å². The molecule has 1 aliphatic rings. The molecule has 2 rings (SSSR count). The summed E-state index contributed by atoms with van der Waals surface area (Å²) in [7, 11) is 0. The Morgan fingerprint density at radius 3 is 3.00 bits per heavy atom. The maximum absolute atomic E-state index is 5.76. The van der Waals surface area contributed by atoms with E-state index in [-0.39, 0.29) is 5.28 Å². The van der Waals surface area contributed by atoms with Gasteiger partial charge in [-0.05, 0) is 30.2 Å². The van der Waals surface area contributed by atoms with Gasteiger partial charge in [0.05, 0.1) is 0 Å². The molecule has 0 bridgehead atoms. The van der Waals surface area contributed by atoms with Crippen LogP contribution in [0.15, 0.2) is 6.07 Å². The van der Waals surface area contributed by atoms with Crippen molar-refractivity contribution in [1.82, 2.24) is 9.97 Å². The van der Waals surface area contributed by atoms with Gasteiger partial charge in [-0.2, -0.15) is 11.8 Å². The van der Waals surface area contributed by atoms with Gasteiger partial charge < -0.3 is 5.32 Å². The van der Waals surface area contributed by atoms with Gasteiger partial charge in [0.25, 0.3) is 0 Å². The topological polar surface area (TPSA) is 37.8 Å². The van der Waals surface area contributed by atoms with Crippen LogP contribution in [0.5, 0.6) is 0 Å². The highest BCUT2D eigenvalue weighted by Gasteiger charge is 2.15. The molecule has 0 spiro atoms. The molecule has 0 amide bonds. The number of rotatable bonds is 3. The molecule has 1 N–H and O–H groups in total. The lowest BCUT2D eigenvalue weighted by Crippen LogP contribution is -2.14. The van der Waals surface area contributed by atoms with Crippen molar-refractivity contribution >= 4 is 40.8 Å². The molecule has 0 saturated carbocycles. The second kappa shape index (κ2) is 5.23. The molecular weight excluding hydrogens is 253 g/mol. The van der Waals surface area contributed by atoms with Crippen LogP contribution in [-0.4, -0.2) is 27.5 Å². The predicted octanol–water partition coefficient (Wildman–Crippen LogP) is 3.09. The van der Waals surface area contributed by atoms with Crippen molar-refractivity contribution in [3.05, 3.63) is 16.5 Å². The van der Waals surface area contributed by atoms with Crippen LogP contribution >= 0.6 is 35.0 Å². The molecule has 0 radical (unpaired) electrons. The Hall–Kier alpha value is -0.190. The molecule has 1 fully saturated rings. The third-order valence-electron chi connectivity index (χ3n) is 2.20. The van der Waals surface area contributed by atoms with Crippen molar-refractivity contribution in [2.45, 2.75) is 18.1 Å². The number of hydrogen-bond donors (Lipinski definition) is 1. The quantitative estimate of drug-likeness (QED) is 0.672. The predicted molar refractivity (Wildman–Crippen MR) is 66.0 cm³/mol. The molecule has 0 aromatic carbocycles. The minimum Gasteiger partial charge on any atom is -0.369 e. The highest BCUT2D eigenvalue weighted by atomic mass is 35.5. The highest BCUT2D eigenvalue weighted by Crippen LogP contribution is 2.26. The molecule has 1 aromatic rings. The molecular formula is C9H11Cl2N3S. The van der Waals surface area contributed by atoms with Crippen LogP contribution in [0.4, 0.5) is 5.82 Å². The monoisotopic (exact) mass is 263 g/mol. The van der Waals surface area contributed by atoms with Crippen molar-refractivity contribution in [3.63, 3.8) is 0 Å². The fraction of sp³-hybridized carbons (Fsp3) is 0.556. The van der Waals surface area contributed by atoms with Crippen LogP contribution < -0.4 is 5.32 Å². The lowest BCUT2D eigenvalue weighted by atomic mass is 10.2. The zero-order valence-corrected chi connectivity index (χ0v) is 10.4. The van der Waals surface area contributed by atoms with Crippen LogP contribution in [-0.2, 0) is 0 Å². The van der Waals surface area contributed by atoms with E-state index in [1.165, 1.54) is 18.6 Å². The Morgan fingerprint density at radius 2 is 2.33 bits per heavy atom. The van der Waals surface area contributed by atoms with Crippen LogP contribution in [0.2, 0.25) is 10.4 Å². The molecule has 2 heterocycles. The Balaban J connectivity index is 1.92. The molecule has 0 aliphatic carbocycles. The summed E-state index contributed by atoms with van der Waals surface area (Å²) < 4.78 is 0. The second-order valence-electron chi connectivity index (χ2n) is 3.36. The zero-order valence-electron chi connectivity index (χ0n) is 8.04. The normalized spacial score (nSPS) is 20.5. The van der Waals surface area contributed by atoms with Crippen molar-refractivity contribution in [1.29, 1.82) is 0 Å². The minimum atomic E-state index is 0.184. The first kappa shape index (κ1) is 11.3. The first-order valence-corrected chi connectivity index (χ1v) is 6.60. The lowest BCUT2D eigenvalue weighted by molar-refractivity contribution is 0.803. The van der Waals surface area contributed by atoms with E-state index in [1.54, 1.807) is 6.07 Å². The van der Waals surface area contributed by atoms with E-state index in [1.807, 2.05) is 11.8 Å². The number of nitrogens with one attached hydrogen (secondary N) is 1. The fourth-order valence-electron chi connectivity index (χ4n) is 1.50. The maximum Gasteiger partial charge on any atom is 0.225 e. The van der Waals surface area contributed by atoms with Gasteiger partial charge in [-0.1, -0.05) is 11.6 Å². The van der Waals surface area contributed by atoms with E-state index >= 15 is 0 Å². The number of nitrogens with zero attached hydrogens (tertiary/aromatic N) is 2. The number of thioether (sulfide) groups is 1. The van der Waals surface area contributed by atoms with E-state index in [0.29, 0.717) is 16.2 Å². The van der Waals surface area contributed by atoms with Gasteiger partial charge in [0.1, 0.15) is 11.0 Å². The van der Waals surface area contributed by atoms with E-state index in [0.717, 1.165) is 6.54 Å². The Bertz CT molecular complexity index is 322. The SMILES string of the molecule is Clc1cc(NCC2CCCS2)nc(Cl)n1. The average Bonchev–Trinajstić information content (AvgIpc) is 2.65. The van der Waals surface area contributed by atoms with Crippen LogP contribution in [0.1, 0.15) is 12.8 Å². The summed E-state index contributed by atoms with van der Waals surface area (Å²) >= 11 is 13.5. The summed E-state index contributed by atoms with van der Waals surface area (Å²) in [6.07, 6.45) is 2.58. The second-order valence-corrected chi connectivity index (χ2v) is 5.49. The van der Waals surface area contributed by atoms with Crippen molar-refractivity contribution < 1.29 is 0 Å². The van der Waals surface area contributed by atoms with Crippen LogP contribution in [0.3, 0.4) is 0 Å². The van der Waals surface area contributed by atoms with Gasteiger partial charge in [-0.25, -0.2) is 9.97 Å². The van der Waals surface area contributed by atoms with Gasteiger partial charge in [0, 0.05) is 17.9 Å². The van der Waals surface area contributed by atoms with Gasteiger partial charge in [-0.3, -0.25) is 0 Å². The van der Waals surface area contributed by atoms with Gasteiger partial charge in [-0.15, -0.1) is 0 Å². The summed E-state index contributed by atoms with van der Waals surface area (Å²) in [6, 6.07) is 1.69. The van der Waals surface area contributed by atoms with Gasteiger partial charge in [0.2, 0.25) is 5.28 Å². The summed E-state index contributed by atoms with van der Waals surface area (Å²) in [4.78, 5) is 7.83. The van der Waals surface area contributed by atoms with Crippen molar-refractivity contribution in [2.75, 3.05) is 17.6 Å². The Labute approximate surface area is 103 Å². The Morgan fingerprint density at radius 1 is 1.47 bits per heavy atom. The minimum absolute atomic E-state index is 0.184. The van der Waals surface area contributed by atoms with E-state index < -0.39 is 0 Å². The Kier molecular flexibility index (Phi) is 3.94. The third kappa shape index (κ3) is 3.40. The molecule has 6 heteroatoms. The molecule has 15 heavy (non-hydrogen) atoms. The molecule has 1 unspecified atom stereocenters. The lowest BCUT2D eigenvalue weighted by Gasteiger charge is -2.10. The molecule has 1 aromatic heterocycles. The van der Waals surface area contributed by atoms with Crippen LogP contribution in [0.25, 0.3) is 0 Å². The zero-order chi connectivity index (χ0) is 10.7. The first-order valence-electron chi connectivity index (χ1n) is 4.79. The number of hydrogen-bond acceptors (Lipinski definition) is 4. The summed E-state index contributed by atoms with van der Waals surface area (Å²) in [5.41, 5.74) is 0. The molecule has 1 saturated heterocycles. The molecule has 3 nitrogen and oxygen atoms in total. The molecule has 1 aliphatic heterocycles. The average molecular weight is 264 g/mol. The smallest absolute Gasteiger partial charge is 0.225 e. The van der Waals surface area contributed by atoms with Crippen molar-refractivity contribution in [3.8, 4) is 0 Å². The summed E-state index contributed by atoms with van der Waals surface area (Å²) in [6.45, 7) is 0.911. The van der Waals surface area contributed by atoms with Gasteiger partial charge >= 0.3 is 0 Å². The number of anilines is 1. The fourth-order valence-corrected chi connectivity index (χ4v) is 3.11. The summed E-state index contributed by atoms with van der Waals surface area (Å²) in [5.74, 6) is 1.96. The highest BCUT2D eigenvalue weighted by molar-refractivity contribution is 8.00. The van der Waals surface area contributed by atoms with Gasteiger partial charge in [0.15, 0.2) is 0 Å². The van der Waals surface area contributed by atoms with E-state index in [2.05, 4.69) is 15.3 Å². The number of halogens is 2. The standard InChI is InChI=1S/C9H11Cl2N3S/c10-7-4-8(14-9(11)13-7)12-5-6-2-1-3-15-6/h4,6H,1-3,5H2,(H,12,13,14). The van der Waals surface area contributed by atoms with E-state index in [9.17, 15) is 0 Å². The third-order valence-corrected chi connectivity index (χ3v) is 3.96. The summed E-state index contributed by atoms with van der Waals surface area (Å²) in [5, 5.41) is 4.46. The van der Waals surface area contributed by atoms with E-state index in [4.69, 9.17) is 23.2 Å². The molecule has 1 atom stereocenters. The molecule has 82 valence electrons. The maximum atomic E-state index is 5.76.